The molecule has 1 aromatic heterocycles. The van der Waals surface area contributed by atoms with E-state index in [4.69, 9.17) is 0 Å². The van der Waals surface area contributed by atoms with Crippen molar-refractivity contribution in [3.05, 3.63) is 54.1 Å². The minimum Gasteiger partial charge on any atom is -0.324 e. The molecular weight excluding hydrogens is 400 g/mol. The van der Waals surface area contributed by atoms with E-state index in [-0.39, 0.29) is 12.3 Å². The van der Waals surface area contributed by atoms with Gasteiger partial charge in [0.15, 0.2) is 0 Å². The van der Waals surface area contributed by atoms with Crippen LogP contribution in [-0.2, 0) is 21.2 Å². The molecule has 1 amide bonds. The minimum absolute atomic E-state index is 0.143. The second kappa shape index (κ2) is 8.97. The Balaban J connectivity index is 1.34. The van der Waals surface area contributed by atoms with Gasteiger partial charge in [-0.1, -0.05) is 37.1 Å². The first kappa shape index (κ1) is 20.6. The number of hydrogen-bond acceptors (Lipinski definition) is 4. The highest BCUT2D eigenvalue weighted by molar-refractivity contribution is 7.89. The number of H-pyrrole nitrogens is 1. The lowest BCUT2D eigenvalue weighted by Crippen LogP contribution is -2.31. The maximum absolute atomic E-state index is 12.8. The fourth-order valence-electron chi connectivity index (χ4n) is 3.72. The molecule has 1 aliphatic rings. The molecule has 0 atom stereocenters. The van der Waals surface area contributed by atoms with E-state index in [0.717, 1.165) is 42.3 Å². The summed E-state index contributed by atoms with van der Waals surface area (Å²) in [5.41, 5.74) is 2.59. The van der Waals surface area contributed by atoms with Crippen LogP contribution in [0.1, 0.15) is 37.7 Å². The van der Waals surface area contributed by atoms with Crippen LogP contribution in [0.25, 0.3) is 11.0 Å². The Hall–Kier alpha value is -2.71. The topological polar surface area (TPSA) is 95.2 Å². The lowest BCUT2D eigenvalue weighted by molar-refractivity contribution is -0.116. The van der Waals surface area contributed by atoms with Crippen LogP contribution in [0.3, 0.4) is 0 Å². The molecule has 1 fully saturated rings. The smallest absolute Gasteiger partial charge is 0.243 e. The van der Waals surface area contributed by atoms with Gasteiger partial charge in [0.25, 0.3) is 0 Å². The van der Waals surface area contributed by atoms with Gasteiger partial charge in [-0.05, 0) is 49.1 Å². The van der Waals surface area contributed by atoms with E-state index < -0.39 is 10.0 Å². The molecular formula is C22H26N4O3S. The number of anilines is 1. The normalized spacial score (nSPS) is 15.7. The van der Waals surface area contributed by atoms with Crippen LogP contribution in [0.4, 0.5) is 5.95 Å². The number of nitrogens with zero attached hydrogens (tertiary/aromatic N) is 2. The highest BCUT2D eigenvalue weighted by atomic mass is 32.2. The van der Waals surface area contributed by atoms with E-state index in [1.165, 1.54) is 0 Å². The van der Waals surface area contributed by atoms with Crippen LogP contribution in [0.2, 0.25) is 0 Å². The van der Waals surface area contributed by atoms with Gasteiger partial charge in [0.1, 0.15) is 0 Å². The Kier molecular flexibility index (Phi) is 6.15. The molecule has 1 saturated heterocycles. The summed E-state index contributed by atoms with van der Waals surface area (Å²) in [4.78, 5) is 20.0. The average Bonchev–Trinajstić information content (AvgIpc) is 2.95. The summed E-state index contributed by atoms with van der Waals surface area (Å²) in [6.45, 7) is 1.18. The molecule has 0 saturated carbocycles. The molecule has 1 aliphatic heterocycles. The molecule has 0 unspecified atom stereocenters. The summed E-state index contributed by atoms with van der Waals surface area (Å²) in [6, 6.07) is 14.5. The number of aromatic amines is 1. The molecule has 30 heavy (non-hydrogen) atoms. The lowest BCUT2D eigenvalue weighted by Gasteiger charge is -2.20. The van der Waals surface area contributed by atoms with E-state index in [0.29, 0.717) is 30.4 Å². The van der Waals surface area contributed by atoms with Gasteiger partial charge in [-0.15, -0.1) is 0 Å². The van der Waals surface area contributed by atoms with Crippen molar-refractivity contribution >= 4 is 32.9 Å². The Labute approximate surface area is 176 Å². The van der Waals surface area contributed by atoms with E-state index in [2.05, 4.69) is 15.3 Å². The molecule has 0 radical (unpaired) electrons. The number of para-hydroxylation sites is 2. The summed E-state index contributed by atoms with van der Waals surface area (Å²) in [7, 11) is -3.45. The molecule has 0 bridgehead atoms. The number of carbonyl (C=O) groups excluding carboxylic acids is 1. The zero-order chi connectivity index (χ0) is 21.0. The fraction of sp³-hybridized carbons (Fsp3) is 0.364. The predicted octanol–water partition coefficient (Wildman–Crippen LogP) is 3.70. The van der Waals surface area contributed by atoms with Crippen LogP contribution in [0.15, 0.2) is 53.4 Å². The largest absolute Gasteiger partial charge is 0.324 e. The van der Waals surface area contributed by atoms with Crippen molar-refractivity contribution in [1.29, 1.82) is 0 Å². The first-order valence-electron chi connectivity index (χ1n) is 10.4. The first-order chi connectivity index (χ1) is 14.5. The quantitative estimate of drug-likeness (QED) is 0.628. The van der Waals surface area contributed by atoms with Gasteiger partial charge in [-0.2, -0.15) is 4.31 Å². The molecule has 0 spiro atoms. The third-order valence-electron chi connectivity index (χ3n) is 5.41. The second-order valence-electron chi connectivity index (χ2n) is 7.61. The number of amides is 1. The maximum atomic E-state index is 12.8. The third kappa shape index (κ3) is 4.71. The maximum Gasteiger partial charge on any atom is 0.243 e. The van der Waals surface area contributed by atoms with Crippen molar-refractivity contribution < 1.29 is 13.2 Å². The summed E-state index contributed by atoms with van der Waals surface area (Å²) in [6.07, 6.45) is 4.81. The Bertz CT molecular complexity index is 1080. The van der Waals surface area contributed by atoms with Crippen molar-refractivity contribution in [2.75, 3.05) is 18.4 Å². The van der Waals surface area contributed by atoms with E-state index in [9.17, 15) is 13.2 Å². The molecule has 2 N–H and O–H groups in total. The predicted molar refractivity (Wildman–Crippen MR) is 117 cm³/mol. The van der Waals surface area contributed by atoms with Crippen molar-refractivity contribution in [1.82, 2.24) is 14.3 Å². The monoisotopic (exact) mass is 426 g/mol. The van der Waals surface area contributed by atoms with Crippen LogP contribution >= 0.6 is 0 Å². The van der Waals surface area contributed by atoms with Gasteiger partial charge < -0.3 is 4.98 Å². The number of rotatable bonds is 6. The van der Waals surface area contributed by atoms with Crippen molar-refractivity contribution in [2.24, 2.45) is 0 Å². The Morgan fingerprint density at radius 1 is 1.00 bits per heavy atom. The Morgan fingerprint density at radius 2 is 1.70 bits per heavy atom. The van der Waals surface area contributed by atoms with Crippen LogP contribution in [-0.4, -0.2) is 41.7 Å². The van der Waals surface area contributed by atoms with E-state index >= 15 is 0 Å². The van der Waals surface area contributed by atoms with E-state index in [1.807, 2.05) is 24.3 Å². The SMILES string of the molecule is O=C(CCc1ccc(S(=O)(=O)N2CCCCCC2)cc1)Nc1nc2ccccc2[nH]1. The van der Waals surface area contributed by atoms with Crippen LogP contribution in [0.5, 0.6) is 0 Å². The standard InChI is InChI=1S/C22H26N4O3S/c27-21(25-22-23-19-7-3-4-8-20(19)24-22)14-11-17-9-12-18(13-10-17)30(28,29)26-15-5-1-2-6-16-26/h3-4,7-10,12-13H,1-2,5-6,11,14-16H2,(H2,23,24,25,27). The highest BCUT2D eigenvalue weighted by Crippen LogP contribution is 2.21. The zero-order valence-corrected chi connectivity index (χ0v) is 17.6. The summed E-state index contributed by atoms with van der Waals surface area (Å²) < 4.78 is 27.3. The average molecular weight is 427 g/mol. The number of nitrogens with one attached hydrogen (secondary N) is 2. The second-order valence-corrected chi connectivity index (χ2v) is 9.55. The van der Waals surface area contributed by atoms with E-state index in [1.54, 1.807) is 28.6 Å². The number of fused-ring (bicyclic) bond motifs is 1. The molecule has 2 aromatic carbocycles. The molecule has 3 aromatic rings. The van der Waals surface area contributed by atoms with Crippen LogP contribution in [0, 0.1) is 0 Å². The third-order valence-corrected chi connectivity index (χ3v) is 7.33. The molecule has 2 heterocycles. The molecule has 158 valence electrons. The number of sulfonamides is 1. The van der Waals surface area contributed by atoms with Gasteiger partial charge in [0.2, 0.25) is 21.9 Å². The highest BCUT2D eigenvalue weighted by Gasteiger charge is 2.24. The van der Waals surface area contributed by atoms with Crippen molar-refractivity contribution in [3.63, 3.8) is 0 Å². The molecule has 7 nitrogen and oxygen atoms in total. The van der Waals surface area contributed by atoms with Crippen molar-refractivity contribution in [2.45, 2.75) is 43.4 Å². The van der Waals surface area contributed by atoms with Gasteiger partial charge in [-0.25, -0.2) is 13.4 Å². The minimum atomic E-state index is -3.45. The summed E-state index contributed by atoms with van der Waals surface area (Å²) in [5.74, 6) is 0.287. The number of imidazole rings is 1. The number of aromatic nitrogens is 2. The summed E-state index contributed by atoms with van der Waals surface area (Å²) in [5, 5.41) is 2.78. The number of carbonyl (C=O) groups is 1. The number of benzene rings is 2. The van der Waals surface area contributed by atoms with Gasteiger partial charge in [-0.3, -0.25) is 10.1 Å². The zero-order valence-electron chi connectivity index (χ0n) is 16.8. The van der Waals surface area contributed by atoms with Gasteiger partial charge in [0.05, 0.1) is 15.9 Å². The lowest BCUT2D eigenvalue weighted by atomic mass is 10.1. The van der Waals surface area contributed by atoms with Gasteiger partial charge >= 0.3 is 0 Å². The molecule has 0 aliphatic carbocycles. The molecule has 8 heteroatoms. The number of aryl methyl sites for hydroxylation is 1. The van der Waals surface area contributed by atoms with Crippen molar-refractivity contribution in [3.8, 4) is 0 Å². The van der Waals surface area contributed by atoms with Gasteiger partial charge in [0, 0.05) is 19.5 Å². The van der Waals surface area contributed by atoms with Crippen LogP contribution < -0.4 is 5.32 Å². The Morgan fingerprint density at radius 3 is 2.40 bits per heavy atom. The fourth-order valence-corrected chi connectivity index (χ4v) is 5.24. The summed E-state index contributed by atoms with van der Waals surface area (Å²) >= 11 is 0. The first-order valence-corrected chi connectivity index (χ1v) is 11.8. The molecule has 4 rings (SSSR count). The number of hydrogen-bond donors (Lipinski definition) is 2.